The Balaban J connectivity index is 3.28. The number of hydrogen-bond acceptors (Lipinski definition) is 1. The van der Waals surface area contributed by atoms with Crippen LogP contribution in [0.3, 0.4) is 0 Å². The second-order valence-electron chi connectivity index (χ2n) is 3.40. The van der Waals surface area contributed by atoms with Gasteiger partial charge in [0, 0.05) is 0 Å². The minimum atomic E-state index is 0.364. The average Bonchev–Trinajstić information content (AvgIpc) is 2.26. The molecule has 0 aromatic heterocycles. The van der Waals surface area contributed by atoms with Crippen molar-refractivity contribution in [2.75, 3.05) is 6.54 Å². The molecule has 0 amide bonds. The molecule has 1 aromatic rings. The number of nitrogens with two attached hydrogens (primary N) is 1. The zero-order valence-corrected chi connectivity index (χ0v) is 8.66. The molecule has 1 rings (SSSR count). The van der Waals surface area contributed by atoms with Gasteiger partial charge in [0.25, 0.3) is 0 Å². The van der Waals surface area contributed by atoms with E-state index in [0.717, 1.165) is 11.1 Å². The highest BCUT2D eigenvalue weighted by Crippen LogP contribution is 2.24. The summed E-state index contributed by atoms with van der Waals surface area (Å²) in [6, 6.07) is 6.17. The van der Waals surface area contributed by atoms with Gasteiger partial charge in [0.1, 0.15) is 0 Å². The van der Waals surface area contributed by atoms with Gasteiger partial charge in [-0.1, -0.05) is 50.4 Å². The molecule has 14 heavy (non-hydrogen) atoms. The Morgan fingerprint density at radius 2 is 2.07 bits per heavy atom. The maximum Gasteiger partial charge on any atom is -0.00107 e. The molecule has 0 aliphatic carbocycles. The van der Waals surface area contributed by atoms with Crippen LogP contribution in [0.25, 0.3) is 12.2 Å². The van der Waals surface area contributed by atoms with Gasteiger partial charge in [0.05, 0.1) is 0 Å². The summed E-state index contributed by atoms with van der Waals surface area (Å²) in [6.45, 7) is 10.4. The minimum absolute atomic E-state index is 0.364. The lowest BCUT2D eigenvalue weighted by Gasteiger charge is -2.14. The fraction of sp³-hybridized carbons (Fsp3) is 0.231. The van der Waals surface area contributed by atoms with Crippen molar-refractivity contribution in [3.63, 3.8) is 0 Å². The van der Waals surface area contributed by atoms with Crippen LogP contribution < -0.4 is 5.73 Å². The molecule has 0 aliphatic heterocycles. The molecule has 1 nitrogen and oxygen atoms in total. The van der Waals surface area contributed by atoms with Crippen molar-refractivity contribution in [3.8, 4) is 0 Å². The van der Waals surface area contributed by atoms with Crippen LogP contribution >= 0.6 is 0 Å². The van der Waals surface area contributed by atoms with Crippen LogP contribution in [0, 0.1) is 0 Å². The summed E-state index contributed by atoms with van der Waals surface area (Å²) in [7, 11) is 0. The van der Waals surface area contributed by atoms with E-state index in [1.165, 1.54) is 5.56 Å². The first-order valence-corrected chi connectivity index (χ1v) is 4.82. The highest BCUT2D eigenvalue weighted by Gasteiger charge is 2.08. The summed E-state index contributed by atoms with van der Waals surface area (Å²) < 4.78 is 0. The Labute approximate surface area is 85.9 Å². The third kappa shape index (κ3) is 1.94. The average molecular weight is 187 g/mol. The van der Waals surface area contributed by atoms with Crippen LogP contribution in [-0.2, 0) is 0 Å². The van der Waals surface area contributed by atoms with E-state index in [4.69, 9.17) is 5.73 Å². The van der Waals surface area contributed by atoms with Gasteiger partial charge in [-0.3, -0.25) is 0 Å². The van der Waals surface area contributed by atoms with E-state index in [-0.39, 0.29) is 0 Å². The highest BCUT2D eigenvalue weighted by atomic mass is 14.5. The molecule has 0 saturated heterocycles. The van der Waals surface area contributed by atoms with Gasteiger partial charge in [-0.25, -0.2) is 0 Å². The first-order chi connectivity index (χ1) is 6.74. The summed E-state index contributed by atoms with van der Waals surface area (Å²) in [5, 5.41) is 0. The quantitative estimate of drug-likeness (QED) is 0.770. The second kappa shape index (κ2) is 4.77. The van der Waals surface area contributed by atoms with Crippen molar-refractivity contribution in [3.05, 3.63) is 48.0 Å². The van der Waals surface area contributed by atoms with E-state index in [2.05, 4.69) is 26.1 Å². The van der Waals surface area contributed by atoms with Crippen LogP contribution in [0.2, 0.25) is 0 Å². The predicted molar refractivity (Wildman–Crippen MR) is 64.1 cm³/mol. The molecule has 0 heterocycles. The van der Waals surface area contributed by atoms with Gasteiger partial charge in [0.2, 0.25) is 0 Å². The van der Waals surface area contributed by atoms with Crippen molar-refractivity contribution in [1.29, 1.82) is 0 Å². The number of rotatable bonds is 4. The van der Waals surface area contributed by atoms with Gasteiger partial charge in [-0.2, -0.15) is 0 Å². The van der Waals surface area contributed by atoms with E-state index < -0.39 is 0 Å². The minimum Gasteiger partial charge on any atom is -0.330 e. The van der Waals surface area contributed by atoms with Crippen LogP contribution in [0.4, 0.5) is 0 Å². The Bertz CT molecular complexity index is 339. The molecule has 0 saturated carbocycles. The maximum absolute atomic E-state index is 5.66. The van der Waals surface area contributed by atoms with Gasteiger partial charge < -0.3 is 5.73 Å². The summed E-state index contributed by atoms with van der Waals surface area (Å²) >= 11 is 0. The Morgan fingerprint density at radius 1 is 1.36 bits per heavy atom. The largest absolute Gasteiger partial charge is 0.330 e. The van der Waals surface area contributed by atoms with Gasteiger partial charge in [-0.05, 0) is 29.2 Å². The van der Waals surface area contributed by atoms with E-state index in [0.29, 0.717) is 12.5 Å². The molecule has 2 N–H and O–H groups in total. The van der Waals surface area contributed by atoms with E-state index >= 15 is 0 Å². The smallest absolute Gasteiger partial charge is 0.00107 e. The van der Waals surface area contributed by atoms with Crippen molar-refractivity contribution in [1.82, 2.24) is 0 Å². The standard InChI is InChI=1S/C13H17N/c1-4-11-7-6-8-13(10(3)9-14)12(11)5-2/h4-8,10H,1-2,9,14H2,3H3. The van der Waals surface area contributed by atoms with Gasteiger partial charge >= 0.3 is 0 Å². The molecular formula is C13H17N. The maximum atomic E-state index is 5.66. The molecule has 0 bridgehead atoms. The SMILES string of the molecule is C=Cc1cccc(C(C)CN)c1C=C. The van der Waals surface area contributed by atoms with Crippen LogP contribution in [0.15, 0.2) is 31.4 Å². The summed E-state index contributed by atoms with van der Waals surface area (Å²) in [6.07, 6.45) is 3.72. The lowest BCUT2D eigenvalue weighted by molar-refractivity contribution is 0.772. The summed E-state index contributed by atoms with van der Waals surface area (Å²) in [4.78, 5) is 0. The van der Waals surface area contributed by atoms with Crippen molar-refractivity contribution in [2.24, 2.45) is 5.73 Å². The van der Waals surface area contributed by atoms with Crippen molar-refractivity contribution >= 4 is 12.2 Å². The molecule has 0 fully saturated rings. The zero-order valence-electron chi connectivity index (χ0n) is 8.66. The second-order valence-corrected chi connectivity index (χ2v) is 3.40. The lowest BCUT2D eigenvalue weighted by Crippen LogP contribution is -2.10. The molecule has 0 spiro atoms. The predicted octanol–water partition coefficient (Wildman–Crippen LogP) is 3.03. The fourth-order valence-electron chi connectivity index (χ4n) is 1.57. The molecule has 1 atom stereocenters. The molecule has 74 valence electrons. The molecule has 1 aromatic carbocycles. The van der Waals surface area contributed by atoms with E-state index in [1.807, 2.05) is 24.3 Å². The monoisotopic (exact) mass is 187 g/mol. The fourth-order valence-corrected chi connectivity index (χ4v) is 1.57. The Morgan fingerprint density at radius 3 is 2.57 bits per heavy atom. The third-order valence-electron chi connectivity index (χ3n) is 2.48. The Kier molecular flexibility index (Phi) is 3.66. The molecule has 0 aliphatic rings. The van der Waals surface area contributed by atoms with Crippen molar-refractivity contribution in [2.45, 2.75) is 12.8 Å². The first kappa shape index (κ1) is 10.7. The van der Waals surface area contributed by atoms with Crippen LogP contribution in [0.1, 0.15) is 29.5 Å². The number of hydrogen-bond donors (Lipinski definition) is 1. The number of benzene rings is 1. The molecule has 1 unspecified atom stereocenters. The topological polar surface area (TPSA) is 26.0 Å². The Hall–Kier alpha value is -1.34. The van der Waals surface area contributed by atoms with E-state index in [1.54, 1.807) is 0 Å². The normalized spacial score (nSPS) is 12.1. The van der Waals surface area contributed by atoms with Gasteiger partial charge in [0.15, 0.2) is 0 Å². The lowest BCUT2D eigenvalue weighted by atomic mass is 9.92. The van der Waals surface area contributed by atoms with Crippen LogP contribution in [0.5, 0.6) is 0 Å². The summed E-state index contributed by atoms with van der Waals surface area (Å²) in [5.74, 6) is 0.364. The molecule has 0 radical (unpaired) electrons. The third-order valence-corrected chi connectivity index (χ3v) is 2.48. The van der Waals surface area contributed by atoms with Gasteiger partial charge in [-0.15, -0.1) is 0 Å². The first-order valence-electron chi connectivity index (χ1n) is 4.82. The van der Waals surface area contributed by atoms with E-state index in [9.17, 15) is 0 Å². The molecular weight excluding hydrogens is 170 g/mol. The zero-order chi connectivity index (χ0) is 10.6. The molecule has 1 heteroatoms. The van der Waals surface area contributed by atoms with Crippen molar-refractivity contribution < 1.29 is 0 Å². The van der Waals surface area contributed by atoms with Crippen LogP contribution in [-0.4, -0.2) is 6.54 Å². The highest BCUT2D eigenvalue weighted by molar-refractivity contribution is 5.66. The summed E-state index contributed by atoms with van der Waals surface area (Å²) in [5.41, 5.74) is 9.19.